The molecule has 2 heterocycles. The molecule has 0 aliphatic carbocycles. The minimum absolute atomic E-state index is 0.0872. The van der Waals surface area contributed by atoms with Gasteiger partial charge in [0.2, 0.25) is 0 Å². The zero-order valence-corrected chi connectivity index (χ0v) is 14.4. The van der Waals surface area contributed by atoms with E-state index in [4.69, 9.17) is 9.47 Å². The third-order valence-electron chi connectivity index (χ3n) is 3.18. The predicted octanol–water partition coefficient (Wildman–Crippen LogP) is 3.49. The average Bonchev–Trinajstić information content (AvgIpc) is 3.23. The van der Waals surface area contributed by atoms with Gasteiger partial charge in [0.1, 0.15) is 5.75 Å². The molecule has 0 unspecified atom stereocenters. The van der Waals surface area contributed by atoms with Crippen LogP contribution in [0.4, 0.5) is 0 Å². The van der Waals surface area contributed by atoms with Crippen LogP contribution in [-0.2, 0) is 0 Å². The number of nitrogens with zero attached hydrogens (tertiary/aromatic N) is 3. The lowest BCUT2D eigenvalue weighted by molar-refractivity contribution is 0.0947. The Morgan fingerprint density at radius 3 is 2.75 bits per heavy atom. The van der Waals surface area contributed by atoms with Crippen LogP contribution >= 0.6 is 11.3 Å². The van der Waals surface area contributed by atoms with Crippen LogP contribution in [-0.4, -0.2) is 33.9 Å². The zero-order chi connectivity index (χ0) is 17.1. The van der Waals surface area contributed by atoms with E-state index in [1.54, 1.807) is 19.2 Å². The summed E-state index contributed by atoms with van der Waals surface area (Å²) in [6.07, 6.45) is -0.0872. The molecule has 0 atom stereocenters. The van der Waals surface area contributed by atoms with Gasteiger partial charge in [-0.3, -0.25) is 4.79 Å². The Morgan fingerprint density at radius 2 is 2.08 bits per heavy atom. The molecule has 2 aromatic heterocycles. The maximum absolute atomic E-state index is 12.7. The Labute approximate surface area is 143 Å². The van der Waals surface area contributed by atoms with Crippen molar-refractivity contribution in [3.63, 3.8) is 0 Å². The average molecular weight is 343 g/mol. The van der Waals surface area contributed by atoms with Crippen molar-refractivity contribution in [2.75, 3.05) is 7.11 Å². The van der Waals surface area contributed by atoms with Gasteiger partial charge in [-0.1, -0.05) is 18.2 Å². The van der Waals surface area contributed by atoms with E-state index in [9.17, 15) is 4.79 Å². The molecular weight excluding hydrogens is 326 g/mol. The van der Waals surface area contributed by atoms with Gasteiger partial charge in [0.15, 0.2) is 5.82 Å². The molecule has 7 heteroatoms. The molecule has 0 saturated carbocycles. The van der Waals surface area contributed by atoms with Crippen LogP contribution in [0.3, 0.4) is 0 Å². The summed E-state index contributed by atoms with van der Waals surface area (Å²) in [5.74, 6) is 0.855. The lowest BCUT2D eigenvalue weighted by atomic mass is 10.2. The second-order valence-electron chi connectivity index (χ2n) is 5.31. The quantitative estimate of drug-likeness (QED) is 0.709. The molecule has 0 radical (unpaired) electrons. The molecule has 0 aliphatic rings. The summed E-state index contributed by atoms with van der Waals surface area (Å²) in [5, 5.41) is 6.09. The van der Waals surface area contributed by atoms with Crippen molar-refractivity contribution in [3.8, 4) is 23.1 Å². The highest BCUT2D eigenvalue weighted by atomic mass is 32.1. The van der Waals surface area contributed by atoms with E-state index in [2.05, 4.69) is 10.1 Å². The maximum Gasteiger partial charge on any atom is 0.336 e. The summed E-state index contributed by atoms with van der Waals surface area (Å²) in [5.41, 5.74) is 0.727. The number of hydrogen-bond acceptors (Lipinski definition) is 6. The third-order valence-corrected chi connectivity index (χ3v) is 4.04. The topological polar surface area (TPSA) is 66.2 Å². The number of carbonyl (C=O) groups excluding carboxylic acids is 1. The van der Waals surface area contributed by atoms with Crippen molar-refractivity contribution in [3.05, 3.63) is 46.7 Å². The van der Waals surface area contributed by atoms with E-state index in [0.29, 0.717) is 16.5 Å². The second-order valence-corrected chi connectivity index (χ2v) is 6.26. The Morgan fingerprint density at radius 1 is 1.25 bits per heavy atom. The van der Waals surface area contributed by atoms with Crippen molar-refractivity contribution >= 4 is 17.2 Å². The lowest BCUT2D eigenvalue weighted by Crippen LogP contribution is -2.14. The van der Waals surface area contributed by atoms with Gasteiger partial charge >= 0.3 is 6.01 Å². The first-order valence-corrected chi connectivity index (χ1v) is 8.33. The molecule has 0 spiro atoms. The Bertz CT molecular complexity index is 841. The molecule has 0 bridgehead atoms. The summed E-state index contributed by atoms with van der Waals surface area (Å²) in [6.45, 7) is 3.76. The highest BCUT2D eigenvalue weighted by Gasteiger charge is 2.21. The van der Waals surface area contributed by atoms with Crippen molar-refractivity contribution in [1.82, 2.24) is 14.8 Å². The summed E-state index contributed by atoms with van der Waals surface area (Å²) in [6, 6.07) is 11.1. The van der Waals surface area contributed by atoms with Crippen molar-refractivity contribution in [2.45, 2.75) is 20.0 Å². The van der Waals surface area contributed by atoms with Crippen LogP contribution in [0.1, 0.15) is 23.5 Å². The van der Waals surface area contributed by atoms with E-state index in [1.165, 1.54) is 16.0 Å². The monoisotopic (exact) mass is 343 g/mol. The number of hydrogen-bond donors (Lipinski definition) is 0. The zero-order valence-electron chi connectivity index (χ0n) is 13.6. The minimum Gasteiger partial charge on any atom is -0.497 e. The number of ether oxygens (including phenoxy) is 2. The molecular formula is C17H17N3O3S. The van der Waals surface area contributed by atoms with Crippen molar-refractivity contribution in [1.29, 1.82) is 0 Å². The molecule has 0 amide bonds. The largest absolute Gasteiger partial charge is 0.497 e. The minimum atomic E-state index is -0.242. The summed E-state index contributed by atoms with van der Waals surface area (Å²) in [7, 11) is 1.59. The maximum atomic E-state index is 12.7. The van der Waals surface area contributed by atoms with Gasteiger partial charge in [-0.15, -0.1) is 16.4 Å². The Kier molecular flexibility index (Phi) is 4.61. The molecule has 1 aromatic carbocycles. The van der Waals surface area contributed by atoms with Crippen molar-refractivity contribution in [2.24, 2.45) is 0 Å². The van der Waals surface area contributed by atoms with Gasteiger partial charge in [-0.05, 0) is 37.4 Å². The first-order valence-electron chi connectivity index (χ1n) is 7.45. The smallest absolute Gasteiger partial charge is 0.336 e. The first-order chi connectivity index (χ1) is 11.6. The summed E-state index contributed by atoms with van der Waals surface area (Å²) in [4.78, 5) is 17.7. The Balaban J connectivity index is 2.08. The fourth-order valence-electron chi connectivity index (χ4n) is 2.15. The van der Waals surface area contributed by atoms with E-state index in [0.717, 1.165) is 5.56 Å². The number of carbonyl (C=O) groups is 1. The van der Waals surface area contributed by atoms with Crippen molar-refractivity contribution < 1.29 is 14.3 Å². The number of benzene rings is 1. The fraction of sp³-hybridized carbons (Fsp3) is 0.235. The van der Waals surface area contributed by atoms with Gasteiger partial charge < -0.3 is 9.47 Å². The highest BCUT2D eigenvalue weighted by molar-refractivity contribution is 7.12. The molecule has 124 valence electrons. The number of methoxy groups -OCH3 is 1. The standard InChI is InChI=1S/C17H17N3O3S/c1-11(2)23-17-18-15(12-6-4-7-13(10-12)22-3)20(19-17)16(21)14-8-5-9-24-14/h4-11H,1-3H3. The molecule has 6 nitrogen and oxygen atoms in total. The number of thiophene rings is 1. The SMILES string of the molecule is COc1cccc(-c2nc(OC(C)C)nn2C(=O)c2cccs2)c1. The van der Waals surface area contributed by atoms with Crippen LogP contribution in [0.25, 0.3) is 11.4 Å². The molecule has 0 N–H and O–H groups in total. The van der Waals surface area contributed by atoms with Crippen LogP contribution in [0, 0.1) is 0 Å². The molecule has 24 heavy (non-hydrogen) atoms. The van der Waals surface area contributed by atoms with Gasteiger partial charge in [0, 0.05) is 5.56 Å². The van der Waals surface area contributed by atoms with Crippen LogP contribution in [0.5, 0.6) is 11.8 Å². The van der Waals surface area contributed by atoms with Crippen LogP contribution < -0.4 is 9.47 Å². The lowest BCUT2D eigenvalue weighted by Gasteiger charge is -2.05. The van der Waals surface area contributed by atoms with E-state index in [-0.39, 0.29) is 18.0 Å². The molecule has 0 aliphatic heterocycles. The summed E-state index contributed by atoms with van der Waals surface area (Å²) < 4.78 is 12.1. The molecule has 0 saturated heterocycles. The number of rotatable bonds is 5. The fourth-order valence-corrected chi connectivity index (χ4v) is 2.80. The normalized spacial score (nSPS) is 10.8. The molecule has 3 aromatic rings. The van der Waals surface area contributed by atoms with E-state index >= 15 is 0 Å². The molecule has 3 rings (SSSR count). The molecule has 0 fully saturated rings. The van der Waals surface area contributed by atoms with Gasteiger partial charge in [-0.2, -0.15) is 9.67 Å². The van der Waals surface area contributed by atoms with Crippen LogP contribution in [0.15, 0.2) is 41.8 Å². The number of aromatic nitrogens is 3. The van der Waals surface area contributed by atoms with Gasteiger partial charge in [0.25, 0.3) is 5.91 Å². The Hall–Kier alpha value is -2.67. The van der Waals surface area contributed by atoms with E-state index < -0.39 is 0 Å². The van der Waals surface area contributed by atoms with Gasteiger partial charge in [0.05, 0.1) is 18.1 Å². The van der Waals surface area contributed by atoms with Crippen LogP contribution in [0.2, 0.25) is 0 Å². The van der Waals surface area contributed by atoms with Gasteiger partial charge in [-0.25, -0.2) is 0 Å². The third kappa shape index (κ3) is 3.30. The highest BCUT2D eigenvalue weighted by Crippen LogP contribution is 2.25. The summed E-state index contributed by atoms with van der Waals surface area (Å²) >= 11 is 1.36. The van der Waals surface area contributed by atoms with E-state index in [1.807, 2.05) is 43.5 Å². The predicted molar refractivity (Wildman–Crippen MR) is 91.8 cm³/mol. The first kappa shape index (κ1) is 16.2. The second kappa shape index (κ2) is 6.84.